The van der Waals surface area contributed by atoms with Crippen LogP contribution in [0.1, 0.15) is 17.5 Å². The van der Waals surface area contributed by atoms with Crippen molar-refractivity contribution in [3.63, 3.8) is 0 Å². The fourth-order valence-corrected chi connectivity index (χ4v) is 6.54. The van der Waals surface area contributed by atoms with E-state index in [-0.39, 0.29) is 19.5 Å². The van der Waals surface area contributed by atoms with Crippen LogP contribution in [-0.4, -0.2) is 0 Å². The smallest absolute Gasteiger partial charge is 0 e. The van der Waals surface area contributed by atoms with E-state index in [1.54, 1.807) is 0 Å². The molecule has 0 atom stereocenters. The molecule has 4 aromatic carbocycles. The fourth-order valence-electron chi connectivity index (χ4n) is 4.24. The fraction of sp³-hybridized carbons (Fsp3) is 0.152. The Hall–Kier alpha value is -2.59. The summed E-state index contributed by atoms with van der Waals surface area (Å²) in [5.74, 6) is 1.62. The molecule has 0 aromatic heterocycles. The van der Waals surface area contributed by atoms with Crippen molar-refractivity contribution in [3.05, 3.63) is 151 Å². The van der Waals surface area contributed by atoms with Gasteiger partial charge in [-0.05, 0) is 42.1 Å². The number of hydrogen-bond acceptors (Lipinski definition) is 0. The topological polar surface area (TPSA) is 0 Å². The van der Waals surface area contributed by atoms with Crippen LogP contribution in [-0.2, 0) is 19.5 Å². The molecule has 6 rings (SSSR count). The van der Waals surface area contributed by atoms with Crippen molar-refractivity contribution >= 4 is 23.8 Å². The summed E-state index contributed by atoms with van der Waals surface area (Å²) < 4.78 is 0. The molecule has 2 aliphatic carbocycles. The average molecular weight is 562 g/mol. The van der Waals surface area contributed by atoms with Crippen LogP contribution in [0.3, 0.4) is 0 Å². The molecule has 2 heteroatoms. The van der Waals surface area contributed by atoms with Gasteiger partial charge >= 0.3 is 0 Å². The zero-order valence-corrected chi connectivity index (χ0v) is 22.9. The number of aryl methyl sites for hydroxylation is 2. The Balaban J connectivity index is 0.000000175. The first kappa shape index (κ1) is 27.0. The predicted molar refractivity (Wildman–Crippen MR) is 150 cm³/mol. The number of rotatable bonds is 3. The summed E-state index contributed by atoms with van der Waals surface area (Å²) >= 11 is 0. The second kappa shape index (κ2) is 14.1. The molecular weight excluding hydrogens is 530 g/mol. The van der Waals surface area contributed by atoms with E-state index in [9.17, 15) is 0 Å². The molecule has 179 valence electrons. The quantitative estimate of drug-likeness (QED) is 0.106. The van der Waals surface area contributed by atoms with Crippen molar-refractivity contribution in [1.82, 2.24) is 0 Å². The van der Waals surface area contributed by atoms with Crippen molar-refractivity contribution in [2.75, 3.05) is 0 Å². The Morgan fingerprint density at radius 2 is 0.857 bits per heavy atom. The molecule has 2 bridgehead atoms. The SMILES string of the molecule is C1=CC2C=CC1C2.Cc1[c-]c(C)ccc1.[Rh].c1ccc(P(c2ccccc2)c2ccccc2)cc1. The molecule has 0 heterocycles. The van der Waals surface area contributed by atoms with Crippen molar-refractivity contribution in [1.29, 1.82) is 0 Å². The molecule has 0 unspecified atom stereocenters. The zero-order valence-electron chi connectivity index (χ0n) is 20.3. The Bertz CT molecular complexity index is 1060. The number of allylic oxidation sites excluding steroid dienone is 4. The summed E-state index contributed by atoms with van der Waals surface area (Å²) in [5, 5.41) is 4.19. The van der Waals surface area contributed by atoms with Crippen molar-refractivity contribution < 1.29 is 19.5 Å². The third kappa shape index (κ3) is 8.24. The molecule has 1 radical (unpaired) electrons. The minimum Gasteiger partial charge on any atom is -0.177 e. The Morgan fingerprint density at radius 3 is 1.09 bits per heavy atom. The largest absolute Gasteiger partial charge is 0.177 e. The molecule has 0 saturated heterocycles. The third-order valence-electron chi connectivity index (χ3n) is 5.89. The van der Waals surface area contributed by atoms with E-state index in [1.807, 2.05) is 32.0 Å². The molecule has 4 aromatic rings. The molecule has 0 saturated carbocycles. The van der Waals surface area contributed by atoms with Gasteiger partial charge in [0.25, 0.3) is 0 Å². The van der Waals surface area contributed by atoms with Gasteiger partial charge in [0.15, 0.2) is 0 Å². The van der Waals surface area contributed by atoms with Gasteiger partial charge in [-0.2, -0.15) is 35.4 Å². The van der Waals surface area contributed by atoms with Crippen LogP contribution in [0.5, 0.6) is 0 Å². The first-order chi connectivity index (χ1) is 16.7. The molecule has 0 N–H and O–H groups in total. The number of hydrogen-bond donors (Lipinski definition) is 0. The van der Waals surface area contributed by atoms with Crippen LogP contribution in [0.15, 0.2) is 133 Å². The van der Waals surface area contributed by atoms with E-state index in [2.05, 4.69) is 121 Å². The molecule has 0 amide bonds. The monoisotopic (exact) mass is 562 g/mol. The molecule has 35 heavy (non-hydrogen) atoms. The minimum absolute atomic E-state index is 0. The standard InChI is InChI=1S/C18H15P.C8H9.C7H8.Rh/c1-4-10-16(11-5-1)19(17-12-6-2-7-13-17)18-14-8-3-9-15-18;1-7-4-3-5-8(2)6-7;1-2-7-4-3-6(1)5-7;/h1-15H;3-5H,1-2H3;1-4,6-7H,5H2;/q;-1;;. The maximum Gasteiger partial charge on any atom is 0 e. The van der Waals surface area contributed by atoms with E-state index in [4.69, 9.17) is 0 Å². The number of fused-ring (bicyclic) bond motifs is 2. The van der Waals surface area contributed by atoms with Crippen LogP contribution in [0, 0.1) is 31.7 Å². The molecule has 0 fully saturated rings. The van der Waals surface area contributed by atoms with E-state index in [0.717, 1.165) is 11.8 Å². The maximum absolute atomic E-state index is 3.17. The van der Waals surface area contributed by atoms with Crippen LogP contribution in [0.25, 0.3) is 0 Å². The van der Waals surface area contributed by atoms with E-state index < -0.39 is 7.92 Å². The van der Waals surface area contributed by atoms with Gasteiger partial charge < -0.3 is 0 Å². The van der Waals surface area contributed by atoms with Crippen LogP contribution < -0.4 is 15.9 Å². The summed E-state index contributed by atoms with van der Waals surface area (Å²) in [6.45, 7) is 4.10. The van der Waals surface area contributed by atoms with Crippen LogP contribution >= 0.6 is 7.92 Å². The van der Waals surface area contributed by atoms with Gasteiger partial charge in [0.05, 0.1) is 0 Å². The van der Waals surface area contributed by atoms with Gasteiger partial charge in [-0.3, -0.25) is 0 Å². The van der Waals surface area contributed by atoms with Crippen LogP contribution in [0.2, 0.25) is 0 Å². The summed E-state index contributed by atoms with van der Waals surface area (Å²) in [6, 6.07) is 41.6. The van der Waals surface area contributed by atoms with E-state index in [1.165, 1.54) is 33.5 Å². The van der Waals surface area contributed by atoms with Crippen molar-refractivity contribution in [3.8, 4) is 0 Å². The molecule has 0 aliphatic heterocycles. The molecule has 0 spiro atoms. The summed E-state index contributed by atoms with van der Waals surface area (Å²) in [5.41, 5.74) is 2.43. The third-order valence-corrected chi connectivity index (χ3v) is 8.33. The van der Waals surface area contributed by atoms with Crippen LogP contribution in [0.4, 0.5) is 0 Å². The van der Waals surface area contributed by atoms with Crippen molar-refractivity contribution in [2.24, 2.45) is 11.8 Å². The Kier molecular flexibility index (Phi) is 10.9. The van der Waals surface area contributed by atoms with Gasteiger partial charge in [-0.25, -0.2) is 0 Å². The van der Waals surface area contributed by atoms with Gasteiger partial charge in [-0.1, -0.05) is 129 Å². The van der Waals surface area contributed by atoms with Gasteiger partial charge in [0.1, 0.15) is 0 Å². The zero-order chi connectivity index (χ0) is 23.6. The van der Waals surface area contributed by atoms with Crippen molar-refractivity contribution in [2.45, 2.75) is 20.3 Å². The Morgan fingerprint density at radius 1 is 0.514 bits per heavy atom. The molecule has 2 aliphatic rings. The van der Waals surface area contributed by atoms with E-state index >= 15 is 0 Å². The second-order valence-electron chi connectivity index (χ2n) is 8.69. The predicted octanol–water partition coefficient (Wildman–Crippen LogP) is 7.29. The van der Waals surface area contributed by atoms with Gasteiger partial charge in [-0.15, -0.1) is 0 Å². The van der Waals surface area contributed by atoms with E-state index in [0.29, 0.717) is 0 Å². The summed E-state index contributed by atoms with van der Waals surface area (Å²) in [7, 11) is -0.446. The first-order valence-corrected chi connectivity index (χ1v) is 13.3. The Labute approximate surface area is 225 Å². The minimum atomic E-state index is -0.446. The second-order valence-corrected chi connectivity index (χ2v) is 10.9. The summed E-state index contributed by atoms with van der Waals surface area (Å²) in [6.07, 6.45) is 10.5. The maximum atomic E-state index is 3.17. The normalized spacial score (nSPS) is 16.5. The molecule has 0 nitrogen and oxygen atoms in total. The van der Waals surface area contributed by atoms with Gasteiger partial charge in [0, 0.05) is 19.5 Å². The number of benzene rings is 4. The summed E-state index contributed by atoms with van der Waals surface area (Å²) in [4.78, 5) is 0. The molecular formula is C33H32PRh-. The average Bonchev–Trinajstić information content (AvgIpc) is 3.54. The van der Waals surface area contributed by atoms with Gasteiger partial charge in [0.2, 0.25) is 0 Å². The first-order valence-electron chi connectivity index (χ1n) is 12.0.